The number of hydrogen-bond donors (Lipinski definition) is 2. The van der Waals surface area contributed by atoms with Crippen LogP contribution in [-0.2, 0) is 14.8 Å². The van der Waals surface area contributed by atoms with Gasteiger partial charge in [0.1, 0.15) is 10.6 Å². The first-order valence-electron chi connectivity index (χ1n) is 8.17. The number of rotatable bonds is 10. The quantitative estimate of drug-likeness (QED) is 0.665. The van der Waals surface area contributed by atoms with E-state index < -0.39 is 10.0 Å². The van der Waals surface area contributed by atoms with Gasteiger partial charge in [-0.1, -0.05) is 13.8 Å². The molecule has 0 fully saturated rings. The number of amides is 1. The molecule has 0 aliphatic carbocycles. The van der Waals surface area contributed by atoms with Crippen molar-refractivity contribution in [3.8, 4) is 5.75 Å². The van der Waals surface area contributed by atoms with Crippen molar-refractivity contribution < 1.29 is 17.9 Å². The van der Waals surface area contributed by atoms with Crippen LogP contribution in [0.25, 0.3) is 0 Å². The third kappa shape index (κ3) is 5.19. The molecule has 136 valence electrons. The predicted octanol–water partition coefficient (Wildman–Crippen LogP) is 1.79. The summed E-state index contributed by atoms with van der Waals surface area (Å²) in [6, 6.07) is 4.64. The van der Waals surface area contributed by atoms with Gasteiger partial charge in [0.15, 0.2) is 0 Å². The van der Waals surface area contributed by atoms with Crippen molar-refractivity contribution in [1.82, 2.24) is 4.31 Å². The second-order valence-electron chi connectivity index (χ2n) is 5.12. The summed E-state index contributed by atoms with van der Waals surface area (Å²) >= 11 is 0. The minimum atomic E-state index is -3.69. The standard InChI is InChI=1S/C16H27N3O4S/c1-4-19(5-2)24(21,22)15-12-13(9-10-14(15)23-6-3)18-16(20)8-7-11-17/h9-10,12H,4-8,11,17H2,1-3H3,(H,18,20). The fraction of sp³-hybridized carbons (Fsp3) is 0.562. The van der Waals surface area contributed by atoms with Crippen LogP contribution in [0.3, 0.4) is 0 Å². The summed E-state index contributed by atoms with van der Waals surface area (Å²) < 4.78 is 32.4. The second-order valence-corrected chi connectivity index (χ2v) is 7.03. The molecule has 24 heavy (non-hydrogen) atoms. The van der Waals surface area contributed by atoms with E-state index in [9.17, 15) is 13.2 Å². The summed E-state index contributed by atoms with van der Waals surface area (Å²) in [6.45, 7) is 6.84. The van der Waals surface area contributed by atoms with Gasteiger partial charge in [-0.25, -0.2) is 8.42 Å². The number of nitrogens with zero attached hydrogens (tertiary/aromatic N) is 1. The molecule has 0 spiro atoms. The van der Waals surface area contributed by atoms with Crippen LogP contribution in [0, 0.1) is 0 Å². The molecule has 8 heteroatoms. The maximum absolute atomic E-state index is 12.8. The van der Waals surface area contributed by atoms with Gasteiger partial charge in [0.2, 0.25) is 15.9 Å². The third-order valence-corrected chi connectivity index (χ3v) is 5.53. The van der Waals surface area contributed by atoms with Gasteiger partial charge in [0.05, 0.1) is 6.61 Å². The zero-order valence-corrected chi connectivity index (χ0v) is 15.4. The zero-order valence-electron chi connectivity index (χ0n) is 14.5. The molecule has 1 rings (SSSR count). The highest BCUT2D eigenvalue weighted by Gasteiger charge is 2.26. The van der Waals surface area contributed by atoms with Crippen LogP contribution in [0.2, 0.25) is 0 Å². The van der Waals surface area contributed by atoms with Crippen molar-refractivity contribution in [2.45, 2.75) is 38.5 Å². The average Bonchev–Trinajstić information content (AvgIpc) is 2.55. The summed E-state index contributed by atoms with van der Waals surface area (Å²) in [6.07, 6.45) is 0.870. The summed E-state index contributed by atoms with van der Waals surface area (Å²) in [7, 11) is -3.69. The molecule has 0 heterocycles. The maximum atomic E-state index is 12.8. The highest BCUT2D eigenvalue weighted by molar-refractivity contribution is 7.89. The van der Waals surface area contributed by atoms with Gasteiger partial charge in [-0.3, -0.25) is 4.79 Å². The Hall–Kier alpha value is -1.64. The van der Waals surface area contributed by atoms with Crippen LogP contribution in [0.5, 0.6) is 5.75 Å². The largest absolute Gasteiger partial charge is 0.492 e. The van der Waals surface area contributed by atoms with E-state index in [4.69, 9.17) is 10.5 Å². The molecule has 1 aromatic carbocycles. The van der Waals surface area contributed by atoms with Crippen LogP contribution in [-0.4, -0.2) is 44.9 Å². The lowest BCUT2D eigenvalue weighted by atomic mass is 10.2. The monoisotopic (exact) mass is 357 g/mol. The summed E-state index contributed by atoms with van der Waals surface area (Å²) in [5, 5.41) is 2.70. The fourth-order valence-electron chi connectivity index (χ4n) is 2.25. The van der Waals surface area contributed by atoms with E-state index in [2.05, 4.69) is 5.32 Å². The van der Waals surface area contributed by atoms with E-state index in [0.29, 0.717) is 44.8 Å². The van der Waals surface area contributed by atoms with Crippen LogP contribution in [0.4, 0.5) is 5.69 Å². The molecule has 1 amide bonds. The Balaban J connectivity index is 3.20. The smallest absolute Gasteiger partial charge is 0.246 e. The van der Waals surface area contributed by atoms with Crippen molar-refractivity contribution in [2.75, 3.05) is 31.6 Å². The molecule has 0 saturated carbocycles. The van der Waals surface area contributed by atoms with Gasteiger partial charge >= 0.3 is 0 Å². The number of anilines is 1. The number of sulfonamides is 1. The summed E-state index contributed by atoms with van der Waals surface area (Å²) in [5.74, 6) is 0.0835. The van der Waals surface area contributed by atoms with E-state index in [0.717, 1.165) is 0 Å². The molecule has 7 nitrogen and oxygen atoms in total. The van der Waals surface area contributed by atoms with E-state index in [-0.39, 0.29) is 16.6 Å². The molecule has 0 radical (unpaired) electrons. The van der Waals surface area contributed by atoms with E-state index in [1.165, 1.54) is 10.4 Å². The van der Waals surface area contributed by atoms with E-state index in [1.807, 2.05) is 0 Å². The SMILES string of the molecule is CCOc1ccc(NC(=O)CCCN)cc1S(=O)(=O)N(CC)CC. The van der Waals surface area contributed by atoms with Crippen LogP contribution < -0.4 is 15.8 Å². The molecular formula is C16H27N3O4S. The van der Waals surface area contributed by atoms with Crippen molar-refractivity contribution in [2.24, 2.45) is 5.73 Å². The van der Waals surface area contributed by atoms with E-state index >= 15 is 0 Å². The molecule has 0 aliphatic rings. The second kappa shape index (κ2) is 9.61. The Labute approximate surface area is 144 Å². The van der Waals surface area contributed by atoms with Crippen molar-refractivity contribution >= 4 is 21.6 Å². The van der Waals surface area contributed by atoms with Crippen LogP contribution in [0.1, 0.15) is 33.6 Å². The summed E-state index contributed by atoms with van der Waals surface area (Å²) in [5.41, 5.74) is 5.81. The molecular weight excluding hydrogens is 330 g/mol. The molecule has 0 saturated heterocycles. The number of benzene rings is 1. The number of nitrogens with two attached hydrogens (primary N) is 1. The highest BCUT2D eigenvalue weighted by Crippen LogP contribution is 2.30. The lowest BCUT2D eigenvalue weighted by molar-refractivity contribution is -0.116. The first kappa shape index (κ1) is 20.4. The normalized spacial score (nSPS) is 11.5. The molecule has 3 N–H and O–H groups in total. The lowest BCUT2D eigenvalue weighted by Gasteiger charge is -2.21. The van der Waals surface area contributed by atoms with Gasteiger partial charge in [0.25, 0.3) is 0 Å². The number of hydrogen-bond acceptors (Lipinski definition) is 5. The van der Waals surface area contributed by atoms with Gasteiger partial charge < -0.3 is 15.8 Å². The lowest BCUT2D eigenvalue weighted by Crippen LogP contribution is -2.31. The van der Waals surface area contributed by atoms with Crippen LogP contribution in [0.15, 0.2) is 23.1 Å². The Kier molecular flexibility index (Phi) is 8.17. The summed E-state index contributed by atoms with van der Waals surface area (Å²) in [4.78, 5) is 11.9. The Bertz CT molecular complexity index is 643. The van der Waals surface area contributed by atoms with E-state index in [1.54, 1.807) is 32.9 Å². The number of carbonyl (C=O) groups is 1. The predicted molar refractivity (Wildman–Crippen MR) is 94.6 cm³/mol. The Morgan fingerprint density at radius 3 is 2.46 bits per heavy atom. The van der Waals surface area contributed by atoms with Gasteiger partial charge in [-0.05, 0) is 38.1 Å². The molecule has 0 aromatic heterocycles. The van der Waals surface area contributed by atoms with Crippen molar-refractivity contribution in [1.29, 1.82) is 0 Å². The number of ether oxygens (including phenoxy) is 1. The molecule has 0 bridgehead atoms. The average molecular weight is 357 g/mol. The molecule has 0 aliphatic heterocycles. The Morgan fingerprint density at radius 2 is 1.92 bits per heavy atom. The topological polar surface area (TPSA) is 102 Å². The first-order chi connectivity index (χ1) is 11.4. The third-order valence-electron chi connectivity index (χ3n) is 3.46. The molecule has 0 unspecified atom stereocenters. The minimum Gasteiger partial charge on any atom is -0.492 e. The minimum absolute atomic E-state index is 0.0599. The molecule has 1 aromatic rings. The molecule has 0 atom stereocenters. The van der Waals surface area contributed by atoms with Crippen molar-refractivity contribution in [3.05, 3.63) is 18.2 Å². The van der Waals surface area contributed by atoms with Gasteiger partial charge in [-0.15, -0.1) is 0 Å². The van der Waals surface area contributed by atoms with Crippen molar-refractivity contribution in [3.63, 3.8) is 0 Å². The fourth-order valence-corrected chi connectivity index (χ4v) is 3.87. The Morgan fingerprint density at radius 1 is 1.25 bits per heavy atom. The number of carbonyl (C=O) groups excluding carboxylic acids is 1. The van der Waals surface area contributed by atoms with Crippen LogP contribution >= 0.6 is 0 Å². The zero-order chi connectivity index (χ0) is 18.2. The maximum Gasteiger partial charge on any atom is 0.246 e. The highest BCUT2D eigenvalue weighted by atomic mass is 32.2. The first-order valence-corrected chi connectivity index (χ1v) is 9.61. The number of nitrogens with one attached hydrogen (secondary N) is 1. The van der Waals surface area contributed by atoms with Gasteiger partial charge in [0, 0.05) is 25.2 Å². The van der Waals surface area contributed by atoms with Gasteiger partial charge in [-0.2, -0.15) is 4.31 Å².